The molecule has 0 bridgehead atoms. The van der Waals surface area contributed by atoms with Gasteiger partial charge in [0, 0.05) is 12.7 Å². The molecule has 1 atom stereocenters. The molecule has 5 heterocycles. The van der Waals surface area contributed by atoms with Crippen molar-refractivity contribution in [1.82, 2.24) is 24.7 Å². The highest BCUT2D eigenvalue weighted by atomic mass is 19.1. The minimum absolute atomic E-state index is 0.123. The Kier molecular flexibility index (Phi) is 3.59. The van der Waals surface area contributed by atoms with Gasteiger partial charge in [-0.25, -0.2) is 24.0 Å². The van der Waals surface area contributed by atoms with E-state index < -0.39 is 6.17 Å². The Morgan fingerprint density at radius 3 is 2.63 bits per heavy atom. The second-order valence-corrected chi connectivity index (χ2v) is 6.63. The van der Waals surface area contributed by atoms with Gasteiger partial charge in [0.05, 0.1) is 54.3 Å². The summed E-state index contributed by atoms with van der Waals surface area (Å²) in [5.74, 6) is 0.631. The smallest absolute Gasteiger partial charge is 0.262 e. The molecule has 0 aliphatic carbocycles. The molecule has 0 unspecified atom stereocenters. The average Bonchev–Trinajstić information content (AvgIpc) is 3.39. The molecule has 1 fully saturated rings. The van der Waals surface area contributed by atoms with Crippen LogP contribution in [0.5, 0.6) is 0 Å². The minimum atomic E-state index is -0.787. The van der Waals surface area contributed by atoms with Crippen LogP contribution in [0.2, 0.25) is 0 Å². The number of halogens is 1. The minimum Gasteiger partial charge on any atom is -0.354 e. The van der Waals surface area contributed by atoms with Gasteiger partial charge in [-0.05, 0) is 18.6 Å². The Labute approximate surface area is 154 Å². The molecular weight excluding hydrogens is 349 g/mol. The number of fused-ring (bicyclic) bond motifs is 1. The zero-order valence-corrected chi connectivity index (χ0v) is 14.4. The number of nitrogens with zero attached hydrogens (tertiary/aromatic N) is 7. The van der Waals surface area contributed by atoms with Gasteiger partial charge in [0.1, 0.15) is 18.3 Å². The lowest BCUT2D eigenvalue weighted by Crippen LogP contribution is -2.24. The summed E-state index contributed by atoms with van der Waals surface area (Å²) in [7, 11) is 0. The Balaban J connectivity index is 1.37. The topological polar surface area (TPSA) is 80.0 Å². The lowest BCUT2D eigenvalue weighted by molar-refractivity contribution is 0.0996. The summed E-state index contributed by atoms with van der Waals surface area (Å²) >= 11 is 0. The van der Waals surface area contributed by atoms with Gasteiger partial charge >= 0.3 is 0 Å². The quantitative estimate of drug-likeness (QED) is 0.704. The summed E-state index contributed by atoms with van der Waals surface area (Å²) in [5, 5.41) is 4.53. The second-order valence-electron chi connectivity index (χ2n) is 6.63. The van der Waals surface area contributed by atoms with E-state index in [4.69, 9.17) is 0 Å². The summed E-state index contributed by atoms with van der Waals surface area (Å²) < 4.78 is 15.0. The molecule has 0 radical (unpaired) electrons. The van der Waals surface area contributed by atoms with Crippen molar-refractivity contribution in [1.29, 1.82) is 0 Å². The van der Waals surface area contributed by atoms with E-state index in [-0.39, 0.29) is 5.91 Å². The highest BCUT2D eigenvalue weighted by molar-refractivity contribution is 6.09. The molecule has 1 amide bonds. The monoisotopic (exact) mass is 365 g/mol. The van der Waals surface area contributed by atoms with Crippen molar-refractivity contribution in [2.45, 2.75) is 19.1 Å². The highest BCUT2D eigenvalue weighted by Crippen LogP contribution is 2.27. The van der Waals surface area contributed by atoms with Crippen LogP contribution >= 0.6 is 0 Å². The molecule has 136 valence electrons. The molecule has 1 saturated heterocycles. The van der Waals surface area contributed by atoms with Gasteiger partial charge in [-0.2, -0.15) is 5.10 Å². The molecule has 0 N–H and O–H groups in total. The molecule has 8 nitrogen and oxygen atoms in total. The SMILES string of the molecule is O=C1c2cn(-c3ccc(N4CC[C@@H](F)C4)nc3)nc2CN1c1cncnc1. The van der Waals surface area contributed by atoms with E-state index in [1.807, 2.05) is 17.0 Å². The zero-order valence-electron chi connectivity index (χ0n) is 14.4. The van der Waals surface area contributed by atoms with E-state index in [1.54, 1.807) is 34.4 Å². The summed E-state index contributed by atoms with van der Waals surface area (Å²) in [6.07, 6.45) is 7.80. The van der Waals surface area contributed by atoms with E-state index in [0.29, 0.717) is 43.0 Å². The first-order valence-electron chi connectivity index (χ1n) is 8.70. The molecule has 2 aliphatic rings. The number of amides is 1. The first kappa shape index (κ1) is 15.9. The number of rotatable bonds is 3. The van der Waals surface area contributed by atoms with E-state index in [2.05, 4.69) is 20.1 Å². The first-order chi connectivity index (χ1) is 13.2. The van der Waals surface area contributed by atoms with E-state index in [9.17, 15) is 9.18 Å². The third-order valence-electron chi connectivity index (χ3n) is 4.88. The predicted octanol–water partition coefficient (Wildman–Crippen LogP) is 1.77. The summed E-state index contributed by atoms with van der Waals surface area (Å²) in [6, 6.07) is 3.74. The number of hydrogen-bond acceptors (Lipinski definition) is 6. The lowest BCUT2D eigenvalue weighted by Gasteiger charge is -2.16. The third-order valence-corrected chi connectivity index (χ3v) is 4.88. The summed E-state index contributed by atoms with van der Waals surface area (Å²) in [5.41, 5.74) is 2.66. The van der Waals surface area contributed by atoms with Gasteiger partial charge in [0.15, 0.2) is 0 Å². The fraction of sp³-hybridized carbons (Fsp3) is 0.278. The fourth-order valence-corrected chi connectivity index (χ4v) is 3.47. The predicted molar refractivity (Wildman–Crippen MR) is 95.6 cm³/mol. The number of hydrogen-bond donors (Lipinski definition) is 0. The number of carbonyl (C=O) groups excluding carboxylic acids is 1. The van der Waals surface area contributed by atoms with Crippen molar-refractivity contribution in [3.63, 3.8) is 0 Å². The molecule has 3 aromatic heterocycles. The van der Waals surface area contributed by atoms with Gasteiger partial charge in [-0.15, -0.1) is 0 Å². The molecular formula is C18H16FN7O. The Morgan fingerprint density at radius 2 is 1.96 bits per heavy atom. The van der Waals surface area contributed by atoms with Crippen LogP contribution in [0, 0.1) is 0 Å². The average molecular weight is 365 g/mol. The standard InChI is InChI=1S/C18H16FN7O/c19-12-3-4-24(8-12)17-2-1-13(7-22-17)26-9-15-16(23-26)10-25(18(15)27)14-5-20-11-21-6-14/h1-2,5-7,9,11-12H,3-4,8,10H2/t12-/m1/s1. The normalized spacial score (nSPS) is 19.0. The van der Waals surface area contributed by atoms with Crippen LogP contribution in [-0.2, 0) is 6.54 Å². The molecule has 27 heavy (non-hydrogen) atoms. The van der Waals surface area contributed by atoms with Crippen molar-refractivity contribution in [2.24, 2.45) is 0 Å². The summed E-state index contributed by atoms with van der Waals surface area (Å²) in [6.45, 7) is 1.44. The molecule has 5 rings (SSSR count). The Bertz CT molecular complexity index is 989. The number of pyridine rings is 1. The number of carbonyl (C=O) groups is 1. The van der Waals surface area contributed by atoms with Gasteiger partial charge in [-0.3, -0.25) is 9.69 Å². The van der Waals surface area contributed by atoms with Crippen molar-refractivity contribution in [2.75, 3.05) is 22.9 Å². The van der Waals surface area contributed by atoms with Crippen LogP contribution in [0.25, 0.3) is 5.69 Å². The van der Waals surface area contributed by atoms with Crippen LogP contribution in [0.4, 0.5) is 15.9 Å². The number of alkyl halides is 1. The van der Waals surface area contributed by atoms with Crippen molar-refractivity contribution in [3.05, 3.63) is 54.5 Å². The number of anilines is 2. The van der Waals surface area contributed by atoms with Crippen LogP contribution < -0.4 is 9.80 Å². The van der Waals surface area contributed by atoms with Crippen LogP contribution in [0.1, 0.15) is 22.5 Å². The molecule has 9 heteroatoms. The van der Waals surface area contributed by atoms with Crippen molar-refractivity contribution >= 4 is 17.4 Å². The van der Waals surface area contributed by atoms with Gasteiger partial charge in [0.2, 0.25) is 0 Å². The fourth-order valence-electron chi connectivity index (χ4n) is 3.47. The van der Waals surface area contributed by atoms with E-state index >= 15 is 0 Å². The van der Waals surface area contributed by atoms with Crippen molar-refractivity contribution in [3.8, 4) is 5.69 Å². The molecule has 3 aromatic rings. The highest BCUT2D eigenvalue weighted by Gasteiger charge is 2.32. The lowest BCUT2D eigenvalue weighted by atomic mass is 10.3. The Hall–Kier alpha value is -3.36. The van der Waals surface area contributed by atoms with Gasteiger partial charge < -0.3 is 4.90 Å². The molecule has 0 saturated carbocycles. The molecule has 0 spiro atoms. The maximum atomic E-state index is 13.4. The van der Waals surface area contributed by atoms with Crippen molar-refractivity contribution < 1.29 is 9.18 Å². The van der Waals surface area contributed by atoms with Crippen LogP contribution in [-0.4, -0.2) is 49.9 Å². The second kappa shape index (κ2) is 6.11. The van der Waals surface area contributed by atoms with E-state index in [1.165, 1.54) is 6.33 Å². The largest absolute Gasteiger partial charge is 0.354 e. The van der Waals surface area contributed by atoms with Crippen LogP contribution in [0.3, 0.4) is 0 Å². The third kappa shape index (κ3) is 2.71. The van der Waals surface area contributed by atoms with Crippen LogP contribution in [0.15, 0.2) is 43.2 Å². The maximum absolute atomic E-state index is 13.4. The Morgan fingerprint density at radius 1 is 1.11 bits per heavy atom. The van der Waals surface area contributed by atoms with Gasteiger partial charge in [-0.1, -0.05) is 0 Å². The summed E-state index contributed by atoms with van der Waals surface area (Å²) in [4.78, 5) is 28.5. The molecule has 0 aromatic carbocycles. The van der Waals surface area contributed by atoms with Gasteiger partial charge in [0.25, 0.3) is 5.91 Å². The first-order valence-corrected chi connectivity index (χ1v) is 8.70. The molecule has 2 aliphatic heterocycles. The van der Waals surface area contributed by atoms with E-state index in [0.717, 1.165) is 11.5 Å². The maximum Gasteiger partial charge on any atom is 0.262 e. The number of aromatic nitrogens is 5. The zero-order chi connectivity index (χ0) is 18.4.